The molecule has 0 aromatic rings. The van der Waals surface area contributed by atoms with E-state index in [0.29, 0.717) is 19.3 Å². The molecule has 63 heavy (non-hydrogen) atoms. The van der Waals surface area contributed by atoms with Crippen LogP contribution in [0.1, 0.15) is 213 Å². The Morgan fingerprint density at radius 3 is 1.49 bits per heavy atom. The van der Waals surface area contributed by atoms with Crippen LogP contribution in [0.3, 0.4) is 0 Å². The minimum absolute atomic E-state index is 0.0108. The number of rotatable bonds is 44. The summed E-state index contributed by atoms with van der Waals surface area (Å²) in [5, 5.41) is 23.7. The Morgan fingerprint density at radius 1 is 0.492 bits per heavy atom. The van der Waals surface area contributed by atoms with Crippen LogP contribution in [0.15, 0.2) is 109 Å². The van der Waals surface area contributed by atoms with Crippen LogP contribution in [0.5, 0.6) is 0 Å². The average Bonchev–Trinajstić information content (AvgIpc) is 3.28. The first-order chi connectivity index (χ1) is 31.0. The van der Waals surface area contributed by atoms with Crippen molar-refractivity contribution in [1.82, 2.24) is 5.32 Å². The van der Waals surface area contributed by atoms with E-state index in [0.717, 1.165) is 83.5 Å². The van der Waals surface area contributed by atoms with Crippen LogP contribution in [0.2, 0.25) is 0 Å². The number of nitrogens with one attached hydrogen (secondary N) is 1. The van der Waals surface area contributed by atoms with Gasteiger partial charge in [-0.1, -0.05) is 233 Å². The average molecular weight is 874 g/mol. The summed E-state index contributed by atoms with van der Waals surface area (Å²) in [4.78, 5) is 26.1. The molecule has 6 nitrogen and oxygen atoms in total. The van der Waals surface area contributed by atoms with Gasteiger partial charge in [-0.05, 0) is 77.0 Å². The lowest BCUT2D eigenvalue weighted by Crippen LogP contribution is -2.46. The molecule has 0 aliphatic heterocycles. The molecule has 0 aliphatic rings. The van der Waals surface area contributed by atoms with Gasteiger partial charge in [0.25, 0.3) is 0 Å². The fourth-order valence-electron chi connectivity index (χ4n) is 7.12. The summed E-state index contributed by atoms with van der Waals surface area (Å²) in [5.41, 5.74) is 0. The highest BCUT2D eigenvalue weighted by Crippen LogP contribution is 2.16. The Kier molecular flexibility index (Phi) is 46.8. The lowest BCUT2D eigenvalue weighted by atomic mass is 10.0. The van der Waals surface area contributed by atoms with Crippen molar-refractivity contribution < 1.29 is 24.5 Å². The molecule has 3 atom stereocenters. The number of carbonyl (C=O) groups is 2. The van der Waals surface area contributed by atoms with Crippen molar-refractivity contribution in [3.8, 4) is 0 Å². The van der Waals surface area contributed by atoms with Crippen LogP contribution in [0.4, 0.5) is 0 Å². The highest BCUT2D eigenvalue weighted by Gasteiger charge is 2.24. The molecule has 0 heterocycles. The zero-order valence-electron chi connectivity index (χ0n) is 40.7. The number of allylic oxidation sites excluding steroid dienone is 18. The second kappa shape index (κ2) is 49.5. The summed E-state index contributed by atoms with van der Waals surface area (Å²) >= 11 is 0. The summed E-state index contributed by atoms with van der Waals surface area (Å²) in [6.45, 7) is 6.27. The monoisotopic (exact) mass is 874 g/mol. The van der Waals surface area contributed by atoms with E-state index in [4.69, 9.17) is 4.74 Å². The second-order valence-corrected chi connectivity index (χ2v) is 17.0. The summed E-state index contributed by atoms with van der Waals surface area (Å²) in [6.07, 6.45) is 67.2. The Balaban J connectivity index is 4.79. The lowest BCUT2D eigenvalue weighted by molar-refractivity contribution is -0.151. The van der Waals surface area contributed by atoms with E-state index in [9.17, 15) is 19.8 Å². The molecule has 358 valence electrons. The third-order valence-corrected chi connectivity index (χ3v) is 11.0. The number of ether oxygens (including phenoxy) is 1. The minimum atomic E-state index is -0.818. The van der Waals surface area contributed by atoms with Gasteiger partial charge in [0, 0.05) is 6.42 Å². The number of amides is 1. The van der Waals surface area contributed by atoms with Gasteiger partial charge in [-0.3, -0.25) is 9.59 Å². The van der Waals surface area contributed by atoms with E-state index in [1.54, 1.807) is 0 Å². The van der Waals surface area contributed by atoms with Gasteiger partial charge in [-0.15, -0.1) is 0 Å². The van der Waals surface area contributed by atoms with Crippen molar-refractivity contribution in [3.63, 3.8) is 0 Å². The Labute approximate surface area is 388 Å². The lowest BCUT2D eigenvalue weighted by Gasteiger charge is -2.24. The minimum Gasteiger partial charge on any atom is -0.462 e. The van der Waals surface area contributed by atoms with Crippen LogP contribution in [-0.2, 0) is 14.3 Å². The molecular formula is C57H95NO5. The van der Waals surface area contributed by atoms with Crippen LogP contribution >= 0.6 is 0 Å². The van der Waals surface area contributed by atoms with Gasteiger partial charge in [0.15, 0.2) is 0 Å². The zero-order valence-corrected chi connectivity index (χ0v) is 40.7. The maximum absolute atomic E-state index is 13.2. The van der Waals surface area contributed by atoms with Gasteiger partial charge in [-0.25, -0.2) is 0 Å². The van der Waals surface area contributed by atoms with E-state index in [1.165, 1.54) is 83.5 Å². The van der Waals surface area contributed by atoms with Crippen molar-refractivity contribution in [2.75, 3.05) is 6.61 Å². The Morgan fingerprint density at radius 2 is 0.937 bits per heavy atom. The molecule has 0 aromatic heterocycles. The molecule has 1 amide bonds. The SMILES string of the molecule is CC\C=C/C=C/C=C/C=C\C=C\C=C\CCCC(CC(=O)NC(CO)C(O)CCCCCCCCCCCCCC)OC(=O)CCCCCC/C=C\C/C=C\C/C=C\CCCCC. The maximum atomic E-state index is 13.2. The molecule has 0 aliphatic carbocycles. The molecule has 0 rings (SSSR count). The first-order valence-corrected chi connectivity index (χ1v) is 25.7. The smallest absolute Gasteiger partial charge is 0.306 e. The highest BCUT2D eigenvalue weighted by atomic mass is 16.5. The summed E-state index contributed by atoms with van der Waals surface area (Å²) in [5.74, 6) is -0.584. The molecule has 0 saturated carbocycles. The van der Waals surface area contributed by atoms with Gasteiger partial charge in [-0.2, -0.15) is 0 Å². The Hall–Kier alpha value is -3.48. The topological polar surface area (TPSA) is 95.9 Å². The van der Waals surface area contributed by atoms with Crippen LogP contribution < -0.4 is 5.32 Å². The van der Waals surface area contributed by atoms with Crippen molar-refractivity contribution in [2.45, 2.75) is 232 Å². The second-order valence-electron chi connectivity index (χ2n) is 17.0. The summed E-state index contributed by atoms with van der Waals surface area (Å²) in [6, 6.07) is -0.737. The number of unbranched alkanes of at least 4 members (excludes halogenated alkanes) is 19. The fraction of sp³-hybridized carbons (Fsp3) is 0.649. The van der Waals surface area contributed by atoms with E-state index < -0.39 is 18.2 Å². The number of hydrogen-bond donors (Lipinski definition) is 3. The van der Waals surface area contributed by atoms with E-state index in [1.807, 2.05) is 60.8 Å². The fourth-order valence-corrected chi connectivity index (χ4v) is 7.12. The van der Waals surface area contributed by atoms with Crippen LogP contribution in [0, 0.1) is 0 Å². The van der Waals surface area contributed by atoms with Crippen molar-refractivity contribution in [3.05, 3.63) is 109 Å². The predicted octanol–water partition coefficient (Wildman–Crippen LogP) is 15.5. The van der Waals surface area contributed by atoms with E-state index >= 15 is 0 Å². The predicted molar refractivity (Wildman–Crippen MR) is 273 cm³/mol. The van der Waals surface area contributed by atoms with E-state index in [2.05, 4.69) is 74.7 Å². The molecule has 6 heteroatoms. The normalized spacial score (nSPS) is 14.2. The van der Waals surface area contributed by atoms with E-state index in [-0.39, 0.29) is 24.9 Å². The third kappa shape index (κ3) is 44.9. The van der Waals surface area contributed by atoms with Crippen LogP contribution in [0.25, 0.3) is 0 Å². The first kappa shape index (κ1) is 59.5. The number of esters is 1. The maximum Gasteiger partial charge on any atom is 0.306 e. The summed E-state index contributed by atoms with van der Waals surface area (Å²) < 4.78 is 5.88. The third-order valence-electron chi connectivity index (χ3n) is 11.0. The number of aliphatic hydroxyl groups excluding tert-OH is 2. The molecule has 3 unspecified atom stereocenters. The van der Waals surface area contributed by atoms with Crippen molar-refractivity contribution in [2.24, 2.45) is 0 Å². The van der Waals surface area contributed by atoms with Crippen molar-refractivity contribution >= 4 is 11.9 Å². The first-order valence-electron chi connectivity index (χ1n) is 25.7. The molecule has 0 aromatic carbocycles. The zero-order chi connectivity index (χ0) is 45.9. The van der Waals surface area contributed by atoms with Crippen LogP contribution in [-0.4, -0.2) is 46.9 Å². The molecule has 0 fully saturated rings. The molecule has 0 bridgehead atoms. The molecule has 0 radical (unpaired) electrons. The standard InChI is InChI=1S/C57H95NO5/c1-4-7-10-13-16-19-22-25-27-28-30-32-35-38-41-44-47-50-57(62)63-53(48-45-42-39-36-33-31-29-26-23-20-17-14-11-8-5-2)51-56(61)58-54(52-59)55(60)49-46-43-40-37-34-24-21-18-15-12-9-6-3/h8,11,14,16-17,19-20,23,25-27,29-33,36,39,53-55,59-60H,4-7,9-10,12-13,15,18,21-22,24,28,34-35,37-38,40-52H2,1-3H3,(H,58,61)/b11-8-,17-14+,19-16-,23-20+,27-25-,29-26-,32-30-,33-31+,39-36+. The molecular weight excluding hydrogens is 779 g/mol. The quantitative estimate of drug-likeness (QED) is 0.0245. The summed E-state index contributed by atoms with van der Waals surface area (Å²) in [7, 11) is 0. The Bertz CT molecular complexity index is 1300. The van der Waals surface area contributed by atoms with Gasteiger partial charge in [0.1, 0.15) is 6.10 Å². The van der Waals surface area contributed by atoms with Gasteiger partial charge in [0.2, 0.25) is 5.91 Å². The highest BCUT2D eigenvalue weighted by molar-refractivity contribution is 5.77. The van der Waals surface area contributed by atoms with Gasteiger partial charge >= 0.3 is 5.97 Å². The van der Waals surface area contributed by atoms with Gasteiger partial charge in [0.05, 0.1) is 25.2 Å². The number of aliphatic hydroxyl groups is 2. The number of hydrogen-bond acceptors (Lipinski definition) is 5. The van der Waals surface area contributed by atoms with Crippen molar-refractivity contribution in [1.29, 1.82) is 0 Å². The molecule has 3 N–H and O–H groups in total. The molecule has 0 spiro atoms. The van der Waals surface area contributed by atoms with Gasteiger partial charge < -0.3 is 20.3 Å². The number of carbonyl (C=O) groups excluding carboxylic acids is 2. The largest absolute Gasteiger partial charge is 0.462 e. The molecule has 0 saturated heterocycles.